The van der Waals surface area contributed by atoms with Crippen molar-refractivity contribution in [1.82, 2.24) is 4.98 Å². The van der Waals surface area contributed by atoms with Gasteiger partial charge in [-0.1, -0.05) is 23.8 Å². The Kier molecular flexibility index (Phi) is 5.18. The second kappa shape index (κ2) is 6.66. The van der Waals surface area contributed by atoms with Gasteiger partial charge in [0.2, 0.25) is 0 Å². The second-order valence-electron chi connectivity index (χ2n) is 3.13. The molecule has 0 radical (unpaired) electrons. The highest BCUT2D eigenvalue weighted by molar-refractivity contribution is 6.30. The molecule has 5 heteroatoms. The van der Waals surface area contributed by atoms with E-state index in [1.54, 1.807) is 25.1 Å². The molecule has 0 fully saturated rings. The average Bonchev–Trinajstić information content (AvgIpc) is 2.32. The van der Waals surface area contributed by atoms with Crippen LogP contribution in [-0.2, 0) is 9.53 Å². The van der Waals surface area contributed by atoms with Gasteiger partial charge in [0.15, 0.2) is 0 Å². The molecular formula is C12H11ClN2O2. The van der Waals surface area contributed by atoms with Crippen molar-refractivity contribution >= 4 is 23.6 Å². The monoisotopic (exact) mass is 250 g/mol. The van der Waals surface area contributed by atoms with Gasteiger partial charge in [-0.2, -0.15) is 5.26 Å². The molecule has 0 spiro atoms. The third kappa shape index (κ3) is 4.25. The van der Waals surface area contributed by atoms with E-state index in [0.29, 0.717) is 22.9 Å². The molecule has 0 aliphatic rings. The van der Waals surface area contributed by atoms with Crippen molar-refractivity contribution in [2.45, 2.75) is 13.3 Å². The lowest BCUT2D eigenvalue weighted by atomic mass is 10.2. The lowest BCUT2D eigenvalue weighted by molar-refractivity contribution is -0.142. The minimum Gasteiger partial charge on any atom is -0.466 e. The summed E-state index contributed by atoms with van der Waals surface area (Å²) in [6.07, 6.45) is 4.83. The maximum Gasteiger partial charge on any atom is 0.309 e. The summed E-state index contributed by atoms with van der Waals surface area (Å²) in [4.78, 5) is 14.9. The Morgan fingerprint density at radius 1 is 1.71 bits per heavy atom. The van der Waals surface area contributed by atoms with Gasteiger partial charge in [-0.25, -0.2) is 4.98 Å². The van der Waals surface area contributed by atoms with Crippen LogP contribution in [0.3, 0.4) is 0 Å². The lowest BCUT2D eigenvalue weighted by Crippen LogP contribution is -2.01. The molecule has 1 heterocycles. The number of pyridine rings is 1. The molecular weight excluding hydrogens is 240 g/mol. The van der Waals surface area contributed by atoms with Gasteiger partial charge in [0.25, 0.3) is 0 Å². The fourth-order valence-electron chi connectivity index (χ4n) is 1.15. The summed E-state index contributed by atoms with van der Waals surface area (Å²) in [6.45, 7) is 2.11. The number of nitrogens with zero attached hydrogens (tertiary/aromatic N) is 2. The Morgan fingerprint density at radius 2 is 2.47 bits per heavy atom. The van der Waals surface area contributed by atoms with Gasteiger partial charge in [0, 0.05) is 11.8 Å². The van der Waals surface area contributed by atoms with Crippen LogP contribution >= 0.6 is 11.6 Å². The average molecular weight is 251 g/mol. The normalized spacial score (nSPS) is 10.2. The number of esters is 1. The predicted molar refractivity (Wildman–Crippen MR) is 64.2 cm³/mol. The van der Waals surface area contributed by atoms with Crippen molar-refractivity contribution in [2.75, 3.05) is 6.61 Å². The predicted octanol–water partition coefficient (Wildman–Crippen LogP) is 2.57. The minimum atomic E-state index is -0.302. The van der Waals surface area contributed by atoms with Crippen molar-refractivity contribution < 1.29 is 9.53 Å². The molecule has 0 aliphatic heterocycles. The summed E-state index contributed by atoms with van der Waals surface area (Å²) in [6, 6.07) is 3.58. The molecule has 17 heavy (non-hydrogen) atoms. The number of aromatic nitrogens is 1. The van der Waals surface area contributed by atoms with E-state index in [-0.39, 0.29) is 12.4 Å². The van der Waals surface area contributed by atoms with Crippen LogP contribution < -0.4 is 0 Å². The summed E-state index contributed by atoms with van der Waals surface area (Å²) in [5, 5.41) is 9.00. The van der Waals surface area contributed by atoms with Crippen LogP contribution in [0, 0.1) is 11.3 Å². The van der Waals surface area contributed by atoms with E-state index in [1.165, 1.54) is 6.20 Å². The first kappa shape index (κ1) is 13.2. The van der Waals surface area contributed by atoms with Crippen molar-refractivity contribution in [3.63, 3.8) is 0 Å². The van der Waals surface area contributed by atoms with Crippen molar-refractivity contribution in [3.8, 4) is 6.07 Å². The highest BCUT2D eigenvalue weighted by Gasteiger charge is 2.01. The molecule has 0 bridgehead atoms. The van der Waals surface area contributed by atoms with E-state index in [9.17, 15) is 4.79 Å². The summed E-state index contributed by atoms with van der Waals surface area (Å²) < 4.78 is 4.76. The number of rotatable bonds is 4. The summed E-state index contributed by atoms with van der Waals surface area (Å²) >= 11 is 5.84. The van der Waals surface area contributed by atoms with E-state index in [0.717, 1.165) is 0 Å². The Morgan fingerprint density at radius 3 is 3.12 bits per heavy atom. The first-order valence-corrected chi connectivity index (χ1v) is 5.43. The fraction of sp³-hybridized carbons (Fsp3) is 0.250. The standard InChI is InChI=1S/C12H11ClN2O2/c1-2-17-11(16)5-3-4-10-6-9(7-14)8-15-12(10)13/h3-4,6,8H,2,5H2,1H3. The topological polar surface area (TPSA) is 63.0 Å². The quantitative estimate of drug-likeness (QED) is 0.609. The number of hydrogen-bond donors (Lipinski definition) is 0. The Labute approximate surface area is 104 Å². The highest BCUT2D eigenvalue weighted by Crippen LogP contribution is 2.15. The zero-order valence-electron chi connectivity index (χ0n) is 9.31. The summed E-state index contributed by atoms with van der Waals surface area (Å²) in [5.74, 6) is -0.302. The van der Waals surface area contributed by atoms with E-state index >= 15 is 0 Å². The molecule has 0 aliphatic carbocycles. The van der Waals surface area contributed by atoms with Crippen LogP contribution in [-0.4, -0.2) is 17.6 Å². The van der Waals surface area contributed by atoms with E-state index < -0.39 is 0 Å². The first-order chi connectivity index (χ1) is 8.17. The smallest absolute Gasteiger partial charge is 0.309 e. The largest absolute Gasteiger partial charge is 0.466 e. The maximum atomic E-state index is 11.1. The molecule has 0 saturated heterocycles. The molecule has 0 atom stereocenters. The van der Waals surface area contributed by atoms with Crippen LogP contribution in [0.15, 0.2) is 18.3 Å². The molecule has 0 amide bonds. The van der Waals surface area contributed by atoms with Gasteiger partial charge in [0.05, 0.1) is 18.6 Å². The van der Waals surface area contributed by atoms with Gasteiger partial charge in [-0.15, -0.1) is 0 Å². The van der Waals surface area contributed by atoms with Gasteiger partial charge >= 0.3 is 5.97 Å². The van der Waals surface area contributed by atoms with Gasteiger partial charge in [-0.05, 0) is 13.0 Å². The maximum absolute atomic E-state index is 11.1. The number of hydrogen-bond acceptors (Lipinski definition) is 4. The van der Waals surface area contributed by atoms with Crippen LogP contribution in [0.2, 0.25) is 5.15 Å². The SMILES string of the molecule is CCOC(=O)CC=Cc1cc(C#N)cnc1Cl. The summed E-state index contributed by atoms with van der Waals surface area (Å²) in [5.41, 5.74) is 1.03. The third-order valence-electron chi connectivity index (χ3n) is 1.88. The molecule has 1 aromatic heterocycles. The first-order valence-electron chi connectivity index (χ1n) is 5.05. The zero-order chi connectivity index (χ0) is 12.7. The van der Waals surface area contributed by atoms with Crippen molar-refractivity contribution in [3.05, 3.63) is 34.6 Å². The number of ether oxygens (including phenoxy) is 1. The van der Waals surface area contributed by atoms with Gasteiger partial charge < -0.3 is 4.74 Å². The highest BCUT2D eigenvalue weighted by atomic mass is 35.5. The number of nitriles is 1. The van der Waals surface area contributed by atoms with Crippen LogP contribution in [0.4, 0.5) is 0 Å². The molecule has 4 nitrogen and oxygen atoms in total. The van der Waals surface area contributed by atoms with Crippen LogP contribution in [0.1, 0.15) is 24.5 Å². The Hall–Kier alpha value is -1.86. The molecule has 88 valence electrons. The van der Waals surface area contributed by atoms with Gasteiger partial charge in [-0.3, -0.25) is 4.79 Å². The third-order valence-corrected chi connectivity index (χ3v) is 2.20. The van der Waals surface area contributed by atoms with E-state index in [1.807, 2.05) is 6.07 Å². The Bertz CT molecular complexity index is 478. The van der Waals surface area contributed by atoms with Crippen molar-refractivity contribution in [2.24, 2.45) is 0 Å². The number of carbonyl (C=O) groups excluding carboxylic acids is 1. The molecule has 1 rings (SSSR count). The molecule has 0 saturated carbocycles. The Balaban J connectivity index is 2.71. The summed E-state index contributed by atoms with van der Waals surface area (Å²) in [7, 11) is 0. The minimum absolute atomic E-state index is 0.168. The van der Waals surface area contributed by atoms with Crippen molar-refractivity contribution in [1.29, 1.82) is 5.26 Å². The molecule has 1 aromatic rings. The number of carbonyl (C=O) groups is 1. The number of halogens is 1. The van der Waals surface area contributed by atoms with Crippen LogP contribution in [0.5, 0.6) is 0 Å². The second-order valence-corrected chi connectivity index (χ2v) is 3.49. The molecule has 0 unspecified atom stereocenters. The fourth-order valence-corrected chi connectivity index (χ4v) is 1.31. The molecule has 0 aromatic carbocycles. The molecule has 0 N–H and O–H groups in total. The van der Waals surface area contributed by atoms with E-state index in [2.05, 4.69) is 4.98 Å². The lowest BCUT2D eigenvalue weighted by Gasteiger charge is -1.98. The van der Waals surface area contributed by atoms with E-state index in [4.69, 9.17) is 21.6 Å². The van der Waals surface area contributed by atoms with Gasteiger partial charge in [0.1, 0.15) is 11.2 Å². The van der Waals surface area contributed by atoms with Crippen LogP contribution in [0.25, 0.3) is 6.08 Å². The zero-order valence-corrected chi connectivity index (χ0v) is 10.1.